The number of carbonyl (C=O) groups is 1. The molecule has 0 radical (unpaired) electrons. The molecule has 4 fully saturated rings. The van der Waals surface area contributed by atoms with E-state index in [9.17, 15) is 9.90 Å². The Hall–Kier alpha value is -2.79. The van der Waals surface area contributed by atoms with Crippen LogP contribution in [0.4, 0.5) is 5.69 Å². The van der Waals surface area contributed by atoms with Crippen LogP contribution in [-0.2, 0) is 11.2 Å². The quantitative estimate of drug-likeness (QED) is 0.447. The number of benzene rings is 2. The second kappa shape index (κ2) is 7.10. The predicted molar refractivity (Wildman–Crippen MR) is 129 cm³/mol. The van der Waals surface area contributed by atoms with Crippen LogP contribution in [-0.4, -0.2) is 27.6 Å². The van der Waals surface area contributed by atoms with Crippen molar-refractivity contribution >= 4 is 22.6 Å². The molecule has 2 aromatic carbocycles. The number of carboxylic acid groups (broad SMARTS) is 1. The van der Waals surface area contributed by atoms with Gasteiger partial charge in [0.15, 0.2) is 0 Å². The van der Waals surface area contributed by atoms with E-state index in [1.54, 1.807) is 0 Å². The van der Waals surface area contributed by atoms with Gasteiger partial charge in [0.2, 0.25) is 0 Å². The van der Waals surface area contributed by atoms with E-state index in [2.05, 4.69) is 52.0 Å². The SMILES string of the molecule is O=C(O)[C@H]1Cc2c([nH]c3ccccc23)[C@H](c2ccc(NC34CC5CC(CC(C5)C3)C4)cc2)N1. The van der Waals surface area contributed by atoms with E-state index in [-0.39, 0.29) is 11.6 Å². The second-order valence-electron chi connectivity index (χ2n) is 11.2. The predicted octanol–water partition coefficient (Wildman–Crippen LogP) is 5.24. The number of rotatable bonds is 4. The number of carboxylic acids is 1. The Morgan fingerprint density at radius 1 is 0.939 bits per heavy atom. The summed E-state index contributed by atoms with van der Waals surface area (Å²) < 4.78 is 0. The van der Waals surface area contributed by atoms with Crippen molar-refractivity contribution in [2.24, 2.45) is 17.8 Å². The molecule has 2 heterocycles. The minimum absolute atomic E-state index is 0.157. The molecule has 2 atom stereocenters. The third kappa shape index (κ3) is 3.20. The van der Waals surface area contributed by atoms with Gasteiger partial charge in [0, 0.05) is 34.2 Å². The number of aromatic nitrogens is 1. The van der Waals surface area contributed by atoms with Gasteiger partial charge in [0.05, 0.1) is 6.04 Å². The molecule has 170 valence electrons. The van der Waals surface area contributed by atoms with Crippen molar-refractivity contribution in [3.63, 3.8) is 0 Å². The number of aromatic amines is 1. The molecular weight excluding hydrogens is 410 g/mol. The minimum atomic E-state index is -0.795. The third-order valence-electron chi connectivity index (χ3n) is 8.90. The van der Waals surface area contributed by atoms with E-state index >= 15 is 0 Å². The fourth-order valence-corrected chi connectivity index (χ4v) is 7.99. The van der Waals surface area contributed by atoms with E-state index in [4.69, 9.17) is 0 Å². The van der Waals surface area contributed by atoms with Crippen LogP contribution >= 0.6 is 0 Å². The molecule has 0 unspecified atom stereocenters. The molecule has 0 amide bonds. The molecule has 1 aromatic heterocycles. The first-order valence-corrected chi connectivity index (χ1v) is 12.5. The van der Waals surface area contributed by atoms with Crippen molar-refractivity contribution in [1.82, 2.24) is 10.3 Å². The molecule has 4 bridgehead atoms. The third-order valence-corrected chi connectivity index (χ3v) is 8.90. The average molecular weight is 442 g/mol. The highest BCUT2D eigenvalue weighted by Gasteiger charge is 2.50. The normalized spacial score (nSPS) is 34.4. The Bertz CT molecular complexity index is 1190. The Kier molecular flexibility index (Phi) is 4.23. The molecule has 4 N–H and O–H groups in total. The summed E-state index contributed by atoms with van der Waals surface area (Å²) in [7, 11) is 0. The Morgan fingerprint density at radius 3 is 2.27 bits per heavy atom. The van der Waals surface area contributed by atoms with Crippen LogP contribution in [0.25, 0.3) is 10.9 Å². The zero-order chi connectivity index (χ0) is 22.2. The Morgan fingerprint density at radius 2 is 1.61 bits per heavy atom. The van der Waals surface area contributed by atoms with Crippen molar-refractivity contribution in [1.29, 1.82) is 0 Å². The summed E-state index contributed by atoms with van der Waals surface area (Å²) in [5, 5.41) is 18.3. The first-order chi connectivity index (χ1) is 16.1. The Balaban J connectivity index is 1.19. The maximum Gasteiger partial charge on any atom is 0.321 e. The summed E-state index contributed by atoms with van der Waals surface area (Å²) in [6, 6.07) is 16.2. The van der Waals surface area contributed by atoms with Crippen molar-refractivity contribution in [2.45, 2.75) is 62.6 Å². The number of hydrogen-bond acceptors (Lipinski definition) is 3. The summed E-state index contributed by atoms with van der Waals surface area (Å²) in [6.45, 7) is 0. The van der Waals surface area contributed by atoms with Crippen LogP contribution in [0.1, 0.15) is 61.4 Å². The van der Waals surface area contributed by atoms with Gasteiger partial charge < -0.3 is 15.4 Å². The zero-order valence-corrected chi connectivity index (χ0v) is 18.8. The standard InChI is InChI=1S/C28H31N3O2/c32-27(33)24-12-22-21-3-1-2-4-23(21)29-26(22)25(30-24)19-5-7-20(8-6-19)31-28-13-16-9-17(14-28)11-18(10-16)15-28/h1-8,16-18,24-25,29-31H,9-15H2,(H,32,33)/t16?,17?,18?,24-,25+,28?/m1/s1. The molecular formula is C28H31N3O2. The zero-order valence-electron chi connectivity index (χ0n) is 18.8. The van der Waals surface area contributed by atoms with Crippen molar-refractivity contribution < 1.29 is 9.90 Å². The van der Waals surface area contributed by atoms with Crippen LogP contribution in [0.5, 0.6) is 0 Å². The lowest BCUT2D eigenvalue weighted by atomic mass is 9.53. The first kappa shape index (κ1) is 19.7. The van der Waals surface area contributed by atoms with Gasteiger partial charge in [-0.25, -0.2) is 0 Å². The van der Waals surface area contributed by atoms with Crippen LogP contribution in [0.3, 0.4) is 0 Å². The molecule has 5 heteroatoms. The lowest BCUT2D eigenvalue weighted by molar-refractivity contribution is -0.139. The van der Waals surface area contributed by atoms with E-state index in [0.717, 1.165) is 45.5 Å². The summed E-state index contributed by atoms with van der Waals surface area (Å²) in [4.78, 5) is 15.5. The molecule has 5 aliphatic rings. The number of para-hydroxylation sites is 1. The lowest BCUT2D eigenvalue weighted by Gasteiger charge is -2.57. The fraction of sp³-hybridized carbons (Fsp3) is 0.464. The van der Waals surface area contributed by atoms with E-state index in [1.165, 1.54) is 44.2 Å². The monoisotopic (exact) mass is 441 g/mol. The van der Waals surface area contributed by atoms with Gasteiger partial charge in [-0.3, -0.25) is 10.1 Å². The van der Waals surface area contributed by atoms with Crippen LogP contribution in [0.2, 0.25) is 0 Å². The highest BCUT2D eigenvalue weighted by atomic mass is 16.4. The molecule has 5 nitrogen and oxygen atoms in total. The topological polar surface area (TPSA) is 77.1 Å². The highest BCUT2D eigenvalue weighted by Crippen LogP contribution is 2.56. The summed E-state index contributed by atoms with van der Waals surface area (Å²) in [5.74, 6) is 1.96. The molecule has 0 spiro atoms. The number of nitrogens with one attached hydrogen (secondary N) is 3. The van der Waals surface area contributed by atoms with Gasteiger partial charge in [-0.2, -0.15) is 0 Å². The first-order valence-electron chi connectivity index (χ1n) is 12.5. The maximum atomic E-state index is 11.9. The molecule has 33 heavy (non-hydrogen) atoms. The molecule has 4 saturated carbocycles. The number of anilines is 1. The maximum absolute atomic E-state index is 11.9. The van der Waals surface area contributed by atoms with Crippen LogP contribution < -0.4 is 10.6 Å². The smallest absolute Gasteiger partial charge is 0.321 e. The van der Waals surface area contributed by atoms with Gasteiger partial charge in [0.1, 0.15) is 6.04 Å². The molecule has 0 saturated heterocycles. The van der Waals surface area contributed by atoms with Gasteiger partial charge in [-0.05, 0) is 85.6 Å². The van der Waals surface area contributed by atoms with Crippen molar-refractivity contribution in [3.05, 3.63) is 65.4 Å². The highest BCUT2D eigenvalue weighted by molar-refractivity contribution is 5.87. The fourth-order valence-electron chi connectivity index (χ4n) is 7.99. The van der Waals surface area contributed by atoms with Gasteiger partial charge in [-0.15, -0.1) is 0 Å². The summed E-state index contributed by atoms with van der Waals surface area (Å²) in [6.07, 6.45) is 8.81. The molecule has 3 aromatic rings. The van der Waals surface area contributed by atoms with E-state index in [0.29, 0.717) is 6.42 Å². The van der Waals surface area contributed by atoms with Gasteiger partial charge in [0.25, 0.3) is 0 Å². The lowest BCUT2D eigenvalue weighted by Crippen LogP contribution is -2.54. The molecule has 1 aliphatic heterocycles. The minimum Gasteiger partial charge on any atom is -0.480 e. The Labute approximate surface area is 194 Å². The van der Waals surface area contributed by atoms with Crippen molar-refractivity contribution in [3.8, 4) is 0 Å². The van der Waals surface area contributed by atoms with Gasteiger partial charge in [-0.1, -0.05) is 30.3 Å². The van der Waals surface area contributed by atoms with Gasteiger partial charge >= 0.3 is 5.97 Å². The molecule has 4 aliphatic carbocycles. The summed E-state index contributed by atoms with van der Waals surface area (Å²) in [5.41, 5.74) is 5.87. The van der Waals surface area contributed by atoms with E-state index < -0.39 is 12.0 Å². The number of fused-ring (bicyclic) bond motifs is 3. The van der Waals surface area contributed by atoms with Crippen LogP contribution in [0.15, 0.2) is 48.5 Å². The van der Waals surface area contributed by atoms with Crippen molar-refractivity contribution in [2.75, 3.05) is 5.32 Å². The molecule has 8 rings (SSSR count). The summed E-state index contributed by atoms with van der Waals surface area (Å²) >= 11 is 0. The van der Waals surface area contributed by atoms with E-state index in [1.807, 2.05) is 12.1 Å². The number of aliphatic carboxylic acids is 1. The number of H-pyrrole nitrogens is 1. The number of hydrogen-bond donors (Lipinski definition) is 4. The van der Waals surface area contributed by atoms with Crippen LogP contribution in [0, 0.1) is 17.8 Å². The average Bonchev–Trinajstić information content (AvgIpc) is 3.16. The largest absolute Gasteiger partial charge is 0.480 e. The second-order valence-corrected chi connectivity index (χ2v) is 11.2.